The average molecular weight is 252 g/mol. The average Bonchev–Trinajstić information content (AvgIpc) is 2.24. The van der Waals surface area contributed by atoms with Crippen LogP contribution in [0.1, 0.15) is 59.3 Å². The van der Waals surface area contributed by atoms with E-state index in [2.05, 4.69) is 20.8 Å². The summed E-state index contributed by atoms with van der Waals surface area (Å²) in [5.74, 6) is -0.714. The Morgan fingerprint density at radius 3 is 2.61 bits per heavy atom. The molecule has 0 atom stereocenters. The van der Waals surface area contributed by atoms with Crippen LogP contribution < -0.4 is 0 Å². The maximum atomic E-state index is 10.4. The molecule has 0 aromatic carbocycles. The molecule has 0 bridgehead atoms. The highest BCUT2D eigenvalue weighted by Crippen LogP contribution is 2.42. The highest BCUT2D eigenvalue weighted by atomic mass is 16.4. The first kappa shape index (κ1) is 14.8. The molecular weight excluding hydrogens is 228 g/mol. The SMILES string of the molecule is CC1=C(CC/C(O)=C/CC(=O)O)C(C)(C)CCC1. The topological polar surface area (TPSA) is 57.5 Å². The molecule has 0 unspecified atom stereocenters. The van der Waals surface area contributed by atoms with Crippen molar-refractivity contribution < 1.29 is 15.0 Å². The molecule has 0 saturated heterocycles. The molecule has 1 aliphatic carbocycles. The van der Waals surface area contributed by atoms with Gasteiger partial charge in [-0.25, -0.2) is 0 Å². The van der Waals surface area contributed by atoms with Crippen LogP contribution in [0.2, 0.25) is 0 Å². The maximum Gasteiger partial charge on any atom is 0.307 e. The summed E-state index contributed by atoms with van der Waals surface area (Å²) in [4.78, 5) is 10.4. The lowest BCUT2D eigenvalue weighted by atomic mass is 9.71. The monoisotopic (exact) mass is 252 g/mol. The molecule has 0 amide bonds. The third-order valence-corrected chi connectivity index (χ3v) is 3.83. The van der Waals surface area contributed by atoms with Gasteiger partial charge in [0.15, 0.2) is 0 Å². The number of hydrogen-bond acceptors (Lipinski definition) is 2. The fourth-order valence-electron chi connectivity index (χ4n) is 2.79. The van der Waals surface area contributed by atoms with E-state index in [1.54, 1.807) is 0 Å². The fourth-order valence-corrected chi connectivity index (χ4v) is 2.79. The van der Waals surface area contributed by atoms with E-state index in [4.69, 9.17) is 5.11 Å². The van der Waals surface area contributed by atoms with Crippen LogP contribution in [0.5, 0.6) is 0 Å². The van der Waals surface area contributed by atoms with Crippen LogP contribution in [0.4, 0.5) is 0 Å². The molecule has 0 fully saturated rings. The quantitative estimate of drug-likeness (QED) is 0.569. The van der Waals surface area contributed by atoms with Gasteiger partial charge in [0.2, 0.25) is 0 Å². The molecule has 1 rings (SSSR count). The summed E-state index contributed by atoms with van der Waals surface area (Å²) in [7, 11) is 0. The second kappa shape index (κ2) is 6.07. The van der Waals surface area contributed by atoms with Crippen molar-refractivity contribution in [2.75, 3.05) is 0 Å². The standard InChI is InChI=1S/C15H24O3/c1-11-5-4-10-15(2,3)13(11)8-6-12(16)7-9-14(17)18/h7,16H,4-6,8-10H2,1-3H3,(H,17,18)/b12-7-. The summed E-state index contributed by atoms with van der Waals surface area (Å²) in [6.07, 6.45) is 6.26. The van der Waals surface area contributed by atoms with Crippen molar-refractivity contribution in [2.45, 2.75) is 59.3 Å². The summed E-state index contributed by atoms with van der Waals surface area (Å²) < 4.78 is 0. The van der Waals surface area contributed by atoms with Gasteiger partial charge in [-0.15, -0.1) is 0 Å². The third kappa shape index (κ3) is 4.21. The molecule has 2 N–H and O–H groups in total. The van der Waals surface area contributed by atoms with E-state index in [9.17, 15) is 9.90 Å². The Morgan fingerprint density at radius 1 is 1.39 bits per heavy atom. The van der Waals surface area contributed by atoms with Crippen LogP contribution in [-0.4, -0.2) is 16.2 Å². The number of aliphatic carboxylic acids is 1. The second-order valence-corrected chi connectivity index (χ2v) is 5.79. The van der Waals surface area contributed by atoms with Gasteiger partial charge in [0.1, 0.15) is 0 Å². The number of carbonyl (C=O) groups is 1. The lowest BCUT2D eigenvalue weighted by Crippen LogP contribution is -2.20. The molecule has 1 aliphatic rings. The largest absolute Gasteiger partial charge is 0.513 e. The summed E-state index contributed by atoms with van der Waals surface area (Å²) in [5, 5.41) is 18.2. The Hall–Kier alpha value is -1.25. The number of allylic oxidation sites excluding steroid dienone is 3. The van der Waals surface area contributed by atoms with Crippen molar-refractivity contribution in [3.8, 4) is 0 Å². The Kier molecular flexibility index (Phi) is 5.00. The molecule has 0 spiro atoms. The maximum absolute atomic E-state index is 10.4. The Morgan fingerprint density at radius 2 is 2.06 bits per heavy atom. The normalized spacial score (nSPS) is 20.1. The summed E-state index contributed by atoms with van der Waals surface area (Å²) >= 11 is 0. The smallest absolute Gasteiger partial charge is 0.307 e. The van der Waals surface area contributed by atoms with E-state index in [1.165, 1.54) is 30.1 Å². The molecule has 102 valence electrons. The van der Waals surface area contributed by atoms with Gasteiger partial charge in [0, 0.05) is 6.42 Å². The molecule has 0 aromatic rings. The van der Waals surface area contributed by atoms with E-state index in [-0.39, 0.29) is 17.6 Å². The van der Waals surface area contributed by atoms with E-state index in [0.29, 0.717) is 6.42 Å². The highest BCUT2D eigenvalue weighted by Gasteiger charge is 2.27. The molecule has 0 aliphatic heterocycles. The van der Waals surface area contributed by atoms with Crippen LogP contribution in [-0.2, 0) is 4.79 Å². The Labute approximate surface area is 109 Å². The zero-order chi connectivity index (χ0) is 13.8. The third-order valence-electron chi connectivity index (χ3n) is 3.83. The minimum atomic E-state index is -0.907. The van der Waals surface area contributed by atoms with Crippen LogP contribution in [0.3, 0.4) is 0 Å². The zero-order valence-corrected chi connectivity index (χ0v) is 11.6. The molecule has 0 radical (unpaired) electrons. The van der Waals surface area contributed by atoms with Gasteiger partial charge in [-0.3, -0.25) is 4.79 Å². The predicted molar refractivity (Wildman–Crippen MR) is 72.5 cm³/mol. The van der Waals surface area contributed by atoms with Crippen LogP contribution in [0, 0.1) is 5.41 Å². The number of carboxylic acids is 1. The van der Waals surface area contributed by atoms with Gasteiger partial charge in [-0.05, 0) is 44.1 Å². The van der Waals surface area contributed by atoms with Gasteiger partial charge in [0.05, 0.1) is 12.2 Å². The first-order valence-electron chi connectivity index (χ1n) is 6.62. The summed E-state index contributed by atoms with van der Waals surface area (Å²) in [6.45, 7) is 6.68. The lowest BCUT2D eigenvalue weighted by Gasteiger charge is -2.34. The van der Waals surface area contributed by atoms with Gasteiger partial charge in [-0.2, -0.15) is 0 Å². The van der Waals surface area contributed by atoms with E-state index >= 15 is 0 Å². The van der Waals surface area contributed by atoms with Gasteiger partial charge in [0.25, 0.3) is 0 Å². The first-order chi connectivity index (χ1) is 8.33. The molecule has 0 aromatic heterocycles. The van der Waals surface area contributed by atoms with Crippen molar-refractivity contribution in [2.24, 2.45) is 5.41 Å². The molecule has 0 saturated carbocycles. The van der Waals surface area contributed by atoms with E-state index < -0.39 is 5.97 Å². The zero-order valence-electron chi connectivity index (χ0n) is 11.6. The molecule has 3 nitrogen and oxygen atoms in total. The minimum absolute atomic E-state index is 0.104. The Balaban J connectivity index is 2.61. The molecule has 0 heterocycles. The molecular formula is C15H24O3. The summed E-state index contributed by atoms with van der Waals surface area (Å²) in [5.41, 5.74) is 3.09. The van der Waals surface area contributed by atoms with Crippen molar-refractivity contribution >= 4 is 5.97 Å². The van der Waals surface area contributed by atoms with Crippen LogP contribution in [0.15, 0.2) is 23.0 Å². The van der Waals surface area contributed by atoms with Gasteiger partial charge in [-0.1, -0.05) is 25.0 Å². The Bertz CT molecular complexity index is 375. The highest BCUT2D eigenvalue weighted by molar-refractivity contribution is 5.68. The fraction of sp³-hybridized carbons (Fsp3) is 0.667. The van der Waals surface area contributed by atoms with Gasteiger partial charge < -0.3 is 10.2 Å². The van der Waals surface area contributed by atoms with Crippen molar-refractivity contribution in [3.63, 3.8) is 0 Å². The second-order valence-electron chi connectivity index (χ2n) is 5.79. The summed E-state index contributed by atoms with van der Waals surface area (Å²) in [6, 6.07) is 0. The molecule has 18 heavy (non-hydrogen) atoms. The van der Waals surface area contributed by atoms with E-state index in [1.807, 2.05) is 0 Å². The van der Waals surface area contributed by atoms with Crippen molar-refractivity contribution in [1.82, 2.24) is 0 Å². The first-order valence-corrected chi connectivity index (χ1v) is 6.62. The van der Waals surface area contributed by atoms with Crippen molar-refractivity contribution in [1.29, 1.82) is 0 Å². The predicted octanol–water partition coefficient (Wildman–Crippen LogP) is 4.21. The number of rotatable bonds is 5. The molecule has 3 heteroatoms. The number of hydrogen-bond donors (Lipinski definition) is 2. The van der Waals surface area contributed by atoms with Crippen molar-refractivity contribution in [3.05, 3.63) is 23.0 Å². The van der Waals surface area contributed by atoms with Crippen LogP contribution in [0.25, 0.3) is 0 Å². The minimum Gasteiger partial charge on any atom is -0.513 e. The van der Waals surface area contributed by atoms with Gasteiger partial charge >= 0.3 is 5.97 Å². The number of aliphatic hydroxyl groups excluding tert-OH is 1. The number of carboxylic acid groups (broad SMARTS) is 1. The van der Waals surface area contributed by atoms with Crippen LogP contribution >= 0.6 is 0 Å². The number of aliphatic hydroxyl groups is 1. The van der Waals surface area contributed by atoms with E-state index in [0.717, 1.165) is 12.8 Å². The lowest BCUT2D eigenvalue weighted by molar-refractivity contribution is -0.136.